The van der Waals surface area contributed by atoms with E-state index in [1.807, 2.05) is 13.8 Å². The van der Waals surface area contributed by atoms with Gasteiger partial charge in [0.05, 0.1) is 13.5 Å². The fraction of sp³-hybridized carbons (Fsp3) is 0.600. The number of hydrogen-bond acceptors (Lipinski definition) is 7. The molecule has 192 valence electrons. The molecule has 35 heavy (non-hydrogen) atoms. The van der Waals surface area contributed by atoms with Crippen molar-refractivity contribution in [2.75, 3.05) is 20.3 Å². The molecular weight excluding hydrogens is 454 g/mol. The molecule has 2 saturated heterocycles. The lowest BCUT2D eigenvalue weighted by atomic mass is 10.0. The van der Waals surface area contributed by atoms with Gasteiger partial charge >= 0.3 is 5.97 Å². The SMILES string of the molecule is CCO[C@H]1OC(=O)C[C@H]1NC(=O)[C@@H]1CCCN1C(=O)[C@@H](NC(=O)c1cccc(OC)c1C)C(C)C. The minimum Gasteiger partial charge on any atom is -0.496 e. The summed E-state index contributed by atoms with van der Waals surface area (Å²) < 4.78 is 15.8. The van der Waals surface area contributed by atoms with Gasteiger partial charge in [-0.2, -0.15) is 0 Å². The van der Waals surface area contributed by atoms with Crippen molar-refractivity contribution in [3.05, 3.63) is 29.3 Å². The van der Waals surface area contributed by atoms with Gasteiger partial charge in [0.15, 0.2) is 0 Å². The monoisotopic (exact) mass is 489 g/mol. The lowest BCUT2D eigenvalue weighted by Crippen LogP contribution is -2.56. The number of benzene rings is 1. The molecule has 1 aromatic rings. The average Bonchev–Trinajstić information content (AvgIpc) is 3.44. The topological polar surface area (TPSA) is 123 Å². The number of esters is 1. The standard InChI is InChI=1S/C25H35N3O7/c1-6-34-25-17(13-20(29)35-25)26-23(31)18-10-8-12-28(18)24(32)21(14(2)3)27-22(30)16-9-7-11-19(33-5)15(16)4/h7,9,11,14,17-18,21,25H,6,8,10,12-13H2,1-5H3,(H,26,31)(H,27,30)/t17-,18+,21+,25+/m1/s1. The smallest absolute Gasteiger partial charge is 0.310 e. The Morgan fingerprint density at radius 1 is 1.26 bits per heavy atom. The molecule has 0 unspecified atom stereocenters. The van der Waals surface area contributed by atoms with Crippen LogP contribution >= 0.6 is 0 Å². The molecule has 2 heterocycles. The second-order valence-corrected chi connectivity index (χ2v) is 9.15. The molecule has 2 aliphatic rings. The molecule has 2 aliphatic heterocycles. The van der Waals surface area contributed by atoms with Crippen LogP contribution in [-0.4, -0.2) is 73.3 Å². The molecule has 0 spiro atoms. The van der Waals surface area contributed by atoms with Crippen molar-refractivity contribution >= 4 is 23.7 Å². The summed E-state index contributed by atoms with van der Waals surface area (Å²) in [6.45, 7) is 7.99. The normalized spacial score (nSPS) is 22.6. The Balaban J connectivity index is 1.72. The first-order valence-electron chi connectivity index (χ1n) is 12.0. The van der Waals surface area contributed by atoms with Gasteiger partial charge in [-0.3, -0.25) is 19.2 Å². The van der Waals surface area contributed by atoms with Gasteiger partial charge in [-0.15, -0.1) is 0 Å². The Morgan fingerprint density at radius 3 is 2.66 bits per heavy atom. The Kier molecular flexibility index (Phi) is 8.71. The molecule has 10 nitrogen and oxygen atoms in total. The summed E-state index contributed by atoms with van der Waals surface area (Å²) in [7, 11) is 1.53. The summed E-state index contributed by atoms with van der Waals surface area (Å²) in [5.74, 6) is -1.11. The zero-order valence-corrected chi connectivity index (χ0v) is 21.0. The molecule has 4 atom stereocenters. The van der Waals surface area contributed by atoms with Gasteiger partial charge in [0, 0.05) is 24.3 Å². The molecule has 2 N–H and O–H groups in total. The summed E-state index contributed by atoms with van der Waals surface area (Å²) in [6, 6.07) is 3.06. The molecule has 0 aliphatic carbocycles. The minimum atomic E-state index is -0.837. The Hall–Kier alpha value is -3.14. The van der Waals surface area contributed by atoms with E-state index in [9.17, 15) is 19.2 Å². The van der Waals surface area contributed by atoms with Crippen LogP contribution < -0.4 is 15.4 Å². The maximum absolute atomic E-state index is 13.5. The van der Waals surface area contributed by atoms with E-state index in [2.05, 4.69) is 10.6 Å². The molecule has 0 bridgehead atoms. The van der Waals surface area contributed by atoms with Crippen molar-refractivity contribution in [1.29, 1.82) is 0 Å². The van der Waals surface area contributed by atoms with Crippen LogP contribution in [0.25, 0.3) is 0 Å². The third-order valence-corrected chi connectivity index (χ3v) is 6.43. The van der Waals surface area contributed by atoms with Gasteiger partial charge in [-0.1, -0.05) is 19.9 Å². The van der Waals surface area contributed by atoms with Gasteiger partial charge in [0.2, 0.25) is 18.1 Å². The van der Waals surface area contributed by atoms with E-state index in [4.69, 9.17) is 14.2 Å². The van der Waals surface area contributed by atoms with Gasteiger partial charge < -0.3 is 29.7 Å². The number of amides is 3. The van der Waals surface area contributed by atoms with Crippen LogP contribution in [0, 0.1) is 12.8 Å². The maximum Gasteiger partial charge on any atom is 0.310 e. The van der Waals surface area contributed by atoms with E-state index in [-0.39, 0.29) is 30.1 Å². The predicted octanol–water partition coefficient (Wildman–Crippen LogP) is 1.54. The second-order valence-electron chi connectivity index (χ2n) is 9.15. The molecule has 2 fully saturated rings. The Labute approximate surface area is 205 Å². The molecule has 0 saturated carbocycles. The first kappa shape index (κ1) is 26.5. The minimum absolute atomic E-state index is 0.0155. The maximum atomic E-state index is 13.5. The zero-order valence-electron chi connectivity index (χ0n) is 21.0. The summed E-state index contributed by atoms with van der Waals surface area (Å²) in [4.78, 5) is 52.9. The largest absolute Gasteiger partial charge is 0.496 e. The lowest BCUT2D eigenvalue weighted by Gasteiger charge is -2.31. The number of methoxy groups -OCH3 is 1. The van der Waals surface area contributed by atoms with Crippen molar-refractivity contribution < 1.29 is 33.4 Å². The highest BCUT2D eigenvalue weighted by Crippen LogP contribution is 2.24. The number of nitrogens with zero attached hydrogens (tertiary/aromatic N) is 1. The highest BCUT2D eigenvalue weighted by Gasteiger charge is 2.42. The van der Waals surface area contributed by atoms with Gasteiger partial charge in [-0.25, -0.2) is 0 Å². The molecular formula is C25H35N3O7. The van der Waals surface area contributed by atoms with E-state index < -0.39 is 30.4 Å². The van der Waals surface area contributed by atoms with Crippen molar-refractivity contribution in [3.8, 4) is 5.75 Å². The second kappa shape index (κ2) is 11.5. The quantitative estimate of drug-likeness (QED) is 0.505. The van der Waals surface area contributed by atoms with Crippen molar-refractivity contribution in [1.82, 2.24) is 15.5 Å². The highest BCUT2D eigenvalue weighted by molar-refractivity contribution is 6.00. The molecule has 10 heteroatoms. The Bertz CT molecular complexity index is 964. The van der Waals surface area contributed by atoms with Crippen molar-refractivity contribution in [3.63, 3.8) is 0 Å². The first-order valence-corrected chi connectivity index (χ1v) is 12.0. The molecule has 1 aromatic carbocycles. The van der Waals surface area contributed by atoms with Crippen LogP contribution in [0.2, 0.25) is 0 Å². The summed E-state index contributed by atoms with van der Waals surface area (Å²) in [6.07, 6.45) is 0.330. The molecule has 3 amide bonds. The predicted molar refractivity (Wildman–Crippen MR) is 127 cm³/mol. The fourth-order valence-corrected chi connectivity index (χ4v) is 4.54. The Morgan fingerprint density at radius 2 is 2.00 bits per heavy atom. The number of carbonyl (C=O) groups is 4. The van der Waals surface area contributed by atoms with E-state index in [0.29, 0.717) is 42.9 Å². The van der Waals surface area contributed by atoms with Gasteiger partial charge in [-0.05, 0) is 44.7 Å². The fourth-order valence-electron chi connectivity index (χ4n) is 4.54. The van der Waals surface area contributed by atoms with Crippen molar-refractivity contribution in [2.45, 2.75) is 71.4 Å². The van der Waals surface area contributed by atoms with Crippen LogP contribution in [0.1, 0.15) is 56.0 Å². The third-order valence-electron chi connectivity index (χ3n) is 6.43. The van der Waals surface area contributed by atoms with Crippen LogP contribution in [-0.2, 0) is 23.9 Å². The number of nitrogens with one attached hydrogen (secondary N) is 2. The van der Waals surface area contributed by atoms with Gasteiger partial charge in [0.25, 0.3) is 5.91 Å². The van der Waals surface area contributed by atoms with E-state index >= 15 is 0 Å². The number of ether oxygens (including phenoxy) is 3. The highest BCUT2D eigenvalue weighted by atomic mass is 16.7. The zero-order chi connectivity index (χ0) is 25.7. The van der Waals surface area contributed by atoms with Crippen LogP contribution in [0.15, 0.2) is 18.2 Å². The third kappa shape index (κ3) is 5.93. The average molecular weight is 490 g/mol. The van der Waals surface area contributed by atoms with E-state index in [0.717, 1.165) is 0 Å². The van der Waals surface area contributed by atoms with E-state index in [1.54, 1.807) is 32.0 Å². The summed E-state index contributed by atoms with van der Waals surface area (Å²) in [5, 5.41) is 5.68. The number of hydrogen-bond donors (Lipinski definition) is 2. The van der Waals surface area contributed by atoms with Crippen LogP contribution in [0.5, 0.6) is 5.75 Å². The molecule has 3 rings (SSSR count). The van der Waals surface area contributed by atoms with E-state index in [1.165, 1.54) is 12.0 Å². The number of carbonyl (C=O) groups excluding carboxylic acids is 4. The number of rotatable bonds is 9. The van der Waals surface area contributed by atoms with Crippen LogP contribution in [0.4, 0.5) is 0 Å². The molecule has 0 radical (unpaired) electrons. The van der Waals surface area contributed by atoms with Crippen molar-refractivity contribution in [2.24, 2.45) is 5.92 Å². The number of likely N-dealkylation sites (tertiary alicyclic amines) is 1. The first-order chi connectivity index (χ1) is 16.7. The van der Waals surface area contributed by atoms with Gasteiger partial charge in [0.1, 0.15) is 23.9 Å². The molecule has 0 aromatic heterocycles. The lowest BCUT2D eigenvalue weighted by molar-refractivity contribution is -0.164. The summed E-state index contributed by atoms with van der Waals surface area (Å²) in [5.41, 5.74) is 1.10. The van der Waals surface area contributed by atoms with Crippen LogP contribution in [0.3, 0.4) is 0 Å². The number of cyclic esters (lactones) is 1. The summed E-state index contributed by atoms with van der Waals surface area (Å²) >= 11 is 0.